The van der Waals surface area contributed by atoms with Gasteiger partial charge < -0.3 is 0 Å². The van der Waals surface area contributed by atoms with Gasteiger partial charge in [0, 0.05) is 24.9 Å². The van der Waals surface area contributed by atoms with Gasteiger partial charge in [-0.1, -0.05) is 20.3 Å². The van der Waals surface area contributed by atoms with Gasteiger partial charge in [-0.25, -0.2) is 0 Å². The second-order valence-corrected chi connectivity index (χ2v) is 6.10. The molecule has 0 aromatic carbocycles. The lowest BCUT2D eigenvalue weighted by molar-refractivity contribution is -0.126. The Balaban J connectivity index is 1.91. The molecule has 1 aliphatic heterocycles. The molecule has 0 amide bonds. The summed E-state index contributed by atoms with van der Waals surface area (Å²) < 4.78 is 0. The van der Waals surface area contributed by atoms with Crippen molar-refractivity contribution in [3.05, 3.63) is 0 Å². The third-order valence-electron chi connectivity index (χ3n) is 4.70. The van der Waals surface area contributed by atoms with Gasteiger partial charge in [-0.2, -0.15) is 0 Å². The molecule has 2 aliphatic rings. The SMILES string of the molecule is CCC1CCCCN1CC1CC(C)CCC1=O. The summed E-state index contributed by atoms with van der Waals surface area (Å²) in [5.74, 6) is 1.62. The first kappa shape index (κ1) is 13.1. The molecule has 2 nitrogen and oxygen atoms in total. The highest BCUT2D eigenvalue weighted by molar-refractivity contribution is 5.81. The van der Waals surface area contributed by atoms with Crippen molar-refractivity contribution >= 4 is 5.78 Å². The second-order valence-electron chi connectivity index (χ2n) is 6.10. The molecule has 2 rings (SSSR count). The Morgan fingerprint density at radius 3 is 2.88 bits per heavy atom. The fourth-order valence-corrected chi connectivity index (χ4v) is 3.55. The van der Waals surface area contributed by atoms with Gasteiger partial charge in [-0.05, 0) is 44.6 Å². The van der Waals surface area contributed by atoms with E-state index in [4.69, 9.17) is 0 Å². The van der Waals surface area contributed by atoms with Crippen molar-refractivity contribution in [2.24, 2.45) is 11.8 Å². The van der Waals surface area contributed by atoms with Crippen LogP contribution in [0.1, 0.15) is 58.8 Å². The van der Waals surface area contributed by atoms with Crippen LogP contribution in [0.25, 0.3) is 0 Å². The van der Waals surface area contributed by atoms with Crippen molar-refractivity contribution in [1.82, 2.24) is 4.90 Å². The summed E-state index contributed by atoms with van der Waals surface area (Å²) in [6.45, 7) is 6.85. The number of hydrogen-bond acceptors (Lipinski definition) is 2. The number of Topliss-reactive ketones (excluding diaryl/α,β-unsaturated/α-hetero) is 1. The van der Waals surface area contributed by atoms with Crippen LogP contribution in [-0.4, -0.2) is 29.8 Å². The van der Waals surface area contributed by atoms with E-state index in [0.717, 1.165) is 37.8 Å². The number of carbonyl (C=O) groups excluding carboxylic acids is 1. The molecule has 2 heteroatoms. The number of rotatable bonds is 3. The van der Waals surface area contributed by atoms with Crippen LogP contribution < -0.4 is 0 Å². The number of likely N-dealkylation sites (tertiary alicyclic amines) is 1. The Labute approximate surface area is 106 Å². The Morgan fingerprint density at radius 2 is 2.12 bits per heavy atom. The van der Waals surface area contributed by atoms with Crippen molar-refractivity contribution in [3.8, 4) is 0 Å². The summed E-state index contributed by atoms with van der Waals surface area (Å²) in [5.41, 5.74) is 0. The van der Waals surface area contributed by atoms with Crippen molar-refractivity contribution in [1.29, 1.82) is 0 Å². The second kappa shape index (κ2) is 5.99. The van der Waals surface area contributed by atoms with Gasteiger partial charge in [0.15, 0.2) is 0 Å². The molecule has 0 radical (unpaired) electrons. The van der Waals surface area contributed by atoms with Crippen LogP contribution >= 0.6 is 0 Å². The van der Waals surface area contributed by atoms with Crippen LogP contribution in [0.4, 0.5) is 0 Å². The quantitative estimate of drug-likeness (QED) is 0.751. The highest BCUT2D eigenvalue weighted by Crippen LogP contribution is 2.29. The van der Waals surface area contributed by atoms with Crippen molar-refractivity contribution in [3.63, 3.8) is 0 Å². The van der Waals surface area contributed by atoms with E-state index in [1.54, 1.807) is 0 Å². The molecule has 1 aliphatic carbocycles. The normalized spacial score (nSPS) is 36.1. The molecule has 0 N–H and O–H groups in total. The van der Waals surface area contributed by atoms with Crippen molar-refractivity contribution < 1.29 is 4.79 Å². The minimum absolute atomic E-state index is 0.339. The van der Waals surface area contributed by atoms with E-state index in [1.165, 1.54) is 32.2 Å². The fraction of sp³-hybridized carbons (Fsp3) is 0.933. The highest BCUT2D eigenvalue weighted by Gasteiger charge is 2.30. The summed E-state index contributed by atoms with van der Waals surface area (Å²) in [6.07, 6.45) is 8.37. The molecule has 2 fully saturated rings. The van der Waals surface area contributed by atoms with Crippen molar-refractivity contribution in [2.75, 3.05) is 13.1 Å². The maximum Gasteiger partial charge on any atom is 0.137 e. The average molecular weight is 237 g/mol. The van der Waals surface area contributed by atoms with Crippen LogP contribution in [0.15, 0.2) is 0 Å². The van der Waals surface area contributed by atoms with E-state index in [-0.39, 0.29) is 0 Å². The molecule has 3 atom stereocenters. The predicted octanol–water partition coefficient (Wildman–Crippen LogP) is 3.26. The van der Waals surface area contributed by atoms with E-state index < -0.39 is 0 Å². The van der Waals surface area contributed by atoms with E-state index in [9.17, 15) is 4.79 Å². The zero-order valence-electron chi connectivity index (χ0n) is 11.5. The largest absolute Gasteiger partial charge is 0.300 e. The van der Waals surface area contributed by atoms with Gasteiger partial charge in [-0.15, -0.1) is 0 Å². The molecule has 3 unspecified atom stereocenters. The lowest BCUT2D eigenvalue weighted by Gasteiger charge is -2.38. The van der Waals surface area contributed by atoms with E-state index in [2.05, 4.69) is 18.7 Å². The Bertz CT molecular complexity index is 264. The fourth-order valence-electron chi connectivity index (χ4n) is 3.55. The smallest absolute Gasteiger partial charge is 0.137 e. The number of carbonyl (C=O) groups is 1. The van der Waals surface area contributed by atoms with E-state index in [1.807, 2.05) is 0 Å². The minimum atomic E-state index is 0.339. The third-order valence-corrected chi connectivity index (χ3v) is 4.70. The summed E-state index contributed by atoms with van der Waals surface area (Å²) in [7, 11) is 0. The number of piperidine rings is 1. The molecular formula is C15H27NO. The van der Waals surface area contributed by atoms with Crippen LogP contribution in [0.5, 0.6) is 0 Å². The number of ketones is 1. The summed E-state index contributed by atoms with van der Waals surface area (Å²) in [5, 5.41) is 0. The maximum absolute atomic E-state index is 12.0. The minimum Gasteiger partial charge on any atom is -0.300 e. The molecule has 17 heavy (non-hydrogen) atoms. The average Bonchev–Trinajstić information content (AvgIpc) is 2.34. The standard InChI is InChI=1S/C15H27NO/c1-3-14-6-4-5-9-16(14)11-13-10-12(2)7-8-15(13)17/h12-14H,3-11H2,1-2H3. The zero-order valence-corrected chi connectivity index (χ0v) is 11.5. The first-order valence-electron chi connectivity index (χ1n) is 7.47. The summed E-state index contributed by atoms with van der Waals surface area (Å²) in [6, 6.07) is 0.744. The van der Waals surface area contributed by atoms with Crippen LogP contribution in [0.3, 0.4) is 0 Å². The van der Waals surface area contributed by atoms with E-state index >= 15 is 0 Å². The molecule has 0 aromatic rings. The molecule has 1 saturated heterocycles. The monoisotopic (exact) mass is 237 g/mol. The summed E-state index contributed by atoms with van der Waals surface area (Å²) in [4.78, 5) is 14.6. The van der Waals surface area contributed by atoms with Gasteiger partial charge in [0.05, 0.1) is 0 Å². The van der Waals surface area contributed by atoms with Gasteiger partial charge in [0.25, 0.3) is 0 Å². The van der Waals surface area contributed by atoms with Gasteiger partial charge in [0.2, 0.25) is 0 Å². The molecule has 0 bridgehead atoms. The lowest BCUT2D eigenvalue weighted by Crippen LogP contribution is -2.44. The van der Waals surface area contributed by atoms with Gasteiger partial charge >= 0.3 is 0 Å². The van der Waals surface area contributed by atoms with E-state index in [0.29, 0.717) is 11.7 Å². The van der Waals surface area contributed by atoms with Gasteiger partial charge in [-0.3, -0.25) is 9.69 Å². The Kier molecular flexibility index (Phi) is 4.61. The Hall–Kier alpha value is -0.370. The van der Waals surface area contributed by atoms with Crippen molar-refractivity contribution in [2.45, 2.75) is 64.8 Å². The third kappa shape index (κ3) is 3.31. The zero-order chi connectivity index (χ0) is 12.3. The molecule has 0 spiro atoms. The lowest BCUT2D eigenvalue weighted by atomic mass is 9.80. The van der Waals surface area contributed by atoms with Crippen LogP contribution in [0, 0.1) is 11.8 Å². The summed E-state index contributed by atoms with van der Waals surface area (Å²) >= 11 is 0. The molecular weight excluding hydrogens is 210 g/mol. The first-order valence-corrected chi connectivity index (χ1v) is 7.47. The molecule has 1 saturated carbocycles. The topological polar surface area (TPSA) is 20.3 Å². The van der Waals surface area contributed by atoms with Crippen LogP contribution in [-0.2, 0) is 4.79 Å². The van der Waals surface area contributed by atoms with Crippen LogP contribution in [0.2, 0.25) is 0 Å². The van der Waals surface area contributed by atoms with Gasteiger partial charge in [0.1, 0.15) is 5.78 Å². The number of hydrogen-bond donors (Lipinski definition) is 0. The molecule has 1 heterocycles. The highest BCUT2D eigenvalue weighted by atomic mass is 16.1. The molecule has 98 valence electrons. The maximum atomic E-state index is 12.0. The molecule has 0 aromatic heterocycles. The first-order chi connectivity index (χ1) is 8.20. The number of nitrogens with zero attached hydrogens (tertiary/aromatic N) is 1. The Morgan fingerprint density at radius 1 is 1.29 bits per heavy atom. The predicted molar refractivity (Wildman–Crippen MR) is 71.0 cm³/mol.